The van der Waals surface area contributed by atoms with E-state index in [0.29, 0.717) is 26.3 Å². The van der Waals surface area contributed by atoms with Gasteiger partial charge in [0.15, 0.2) is 0 Å². The minimum Gasteiger partial charge on any atom is -0.507 e. The van der Waals surface area contributed by atoms with Crippen molar-refractivity contribution in [2.45, 2.75) is 6.92 Å². The van der Waals surface area contributed by atoms with Gasteiger partial charge in [0, 0.05) is 15.1 Å². The van der Waals surface area contributed by atoms with Gasteiger partial charge in [-0.15, -0.1) is 0 Å². The number of halogens is 2. The molecule has 0 saturated carbocycles. The van der Waals surface area contributed by atoms with Crippen molar-refractivity contribution in [1.82, 2.24) is 5.43 Å². The van der Waals surface area contributed by atoms with E-state index < -0.39 is 0 Å². The molecule has 108 valence electrons. The Morgan fingerprint density at radius 3 is 2.62 bits per heavy atom. The first-order chi connectivity index (χ1) is 9.99. The topological polar surface area (TPSA) is 61.7 Å². The predicted octanol–water partition coefficient (Wildman–Crippen LogP) is 3.96. The number of rotatable bonds is 3. The first-order valence-electron chi connectivity index (χ1n) is 6.07. The van der Waals surface area contributed by atoms with Crippen molar-refractivity contribution >= 4 is 39.1 Å². The van der Waals surface area contributed by atoms with Crippen LogP contribution in [-0.4, -0.2) is 16.7 Å². The highest BCUT2D eigenvalue weighted by Crippen LogP contribution is 2.22. The summed E-state index contributed by atoms with van der Waals surface area (Å²) in [6.45, 7) is 1.68. The second kappa shape index (κ2) is 6.74. The molecule has 2 aromatic rings. The summed E-state index contributed by atoms with van der Waals surface area (Å²) in [7, 11) is 0. The monoisotopic (exact) mass is 366 g/mol. The van der Waals surface area contributed by atoms with Crippen molar-refractivity contribution in [1.29, 1.82) is 0 Å². The molecule has 2 rings (SSSR count). The molecule has 1 amide bonds. The van der Waals surface area contributed by atoms with Gasteiger partial charge in [0.25, 0.3) is 5.91 Å². The van der Waals surface area contributed by atoms with E-state index in [4.69, 9.17) is 11.6 Å². The van der Waals surface area contributed by atoms with Crippen LogP contribution in [0.3, 0.4) is 0 Å². The third kappa shape index (κ3) is 3.83. The van der Waals surface area contributed by atoms with Gasteiger partial charge in [0.05, 0.1) is 11.3 Å². The Morgan fingerprint density at radius 2 is 1.95 bits per heavy atom. The molecular formula is C15H12BrClN2O2. The molecule has 2 N–H and O–H groups in total. The van der Waals surface area contributed by atoms with E-state index in [1.54, 1.807) is 37.3 Å². The standard InChI is InChI=1S/C15H12BrClN2O2/c1-9(11-7-6-10(17)8-14(11)20)18-19-15(21)12-4-2-3-5-13(12)16/h2-8,20H,1H3,(H,19,21)/b18-9+. The molecule has 0 atom stereocenters. The molecule has 0 aliphatic heterocycles. The predicted molar refractivity (Wildman–Crippen MR) is 86.9 cm³/mol. The summed E-state index contributed by atoms with van der Waals surface area (Å²) in [5, 5.41) is 14.2. The number of nitrogens with one attached hydrogen (secondary N) is 1. The lowest BCUT2D eigenvalue weighted by molar-refractivity contribution is 0.0954. The molecule has 6 heteroatoms. The highest BCUT2D eigenvalue weighted by molar-refractivity contribution is 9.10. The number of carbonyl (C=O) groups excluding carboxylic acids is 1. The van der Waals surface area contributed by atoms with Crippen LogP contribution in [0.15, 0.2) is 52.0 Å². The Balaban J connectivity index is 2.17. The Kier molecular flexibility index (Phi) is 4.98. The van der Waals surface area contributed by atoms with Gasteiger partial charge in [0.2, 0.25) is 0 Å². The largest absolute Gasteiger partial charge is 0.507 e. The molecule has 2 aromatic carbocycles. The molecular weight excluding hydrogens is 356 g/mol. The quantitative estimate of drug-likeness (QED) is 0.637. The van der Waals surface area contributed by atoms with E-state index in [2.05, 4.69) is 26.5 Å². The van der Waals surface area contributed by atoms with Crippen molar-refractivity contribution in [3.8, 4) is 5.75 Å². The summed E-state index contributed by atoms with van der Waals surface area (Å²) >= 11 is 9.08. The van der Waals surface area contributed by atoms with Crippen LogP contribution in [0.5, 0.6) is 5.75 Å². The lowest BCUT2D eigenvalue weighted by atomic mass is 10.1. The van der Waals surface area contributed by atoms with Crippen LogP contribution in [0.2, 0.25) is 5.02 Å². The van der Waals surface area contributed by atoms with Crippen molar-refractivity contribution in [2.75, 3.05) is 0 Å². The van der Waals surface area contributed by atoms with Gasteiger partial charge in [-0.2, -0.15) is 5.10 Å². The molecule has 0 aliphatic carbocycles. The number of phenols is 1. The van der Waals surface area contributed by atoms with Gasteiger partial charge < -0.3 is 5.11 Å². The Hall–Kier alpha value is -1.85. The number of hydrogen-bond acceptors (Lipinski definition) is 3. The number of benzene rings is 2. The van der Waals surface area contributed by atoms with Crippen molar-refractivity contribution in [2.24, 2.45) is 5.10 Å². The van der Waals surface area contributed by atoms with Crippen LogP contribution < -0.4 is 5.43 Å². The maximum atomic E-state index is 12.0. The second-order valence-corrected chi connectivity index (χ2v) is 5.57. The maximum Gasteiger partial charge on any atom is 0.272 e. The van der Waals surface area contributed by atoms with Crippen LogP contribution >= 0.6 is 27.5 Å². The van der Waals surface area contributed by atoms with Crippen LogP contribution in [0.4, 0.5) is 0 Å². The van der Waals surface area contributed by atoms with Gasteiger partial charge in [-0.3, -0.25) is 4.79 Å². The van der Waals surface area contributed by atoms with Crippen molar-refractivity contribution < 1.29 is 9.90 Å². The second-order valence-electron chi connectivity index (χ2n) is 4.28. The number of amides is 1. The van der Waals surface area contributed by atoms with Crippen molar-refractivity contribution in [3.63, 3.8) is 0 Å². The fourth-order valence-electron chi connectivity index (χ4n) is 1.71. The minimum absolute atomic E-state index is 0.0129. The number of phenolic OH excluding ortho intramolecular Hbond substituents is 1. The zero-order valence-electron chi connectivity index (χ0n) is 11.1. The molecule has 4 nitrogen and oxygen atoms in total. The van der Waals surface area contributed by atoms with E-state index >= 15 is 0 Å². The molecule has 0 heterocycles. The molecule has 0 aromatic heterocycles. The SMILES string of the molecule is C/C(=N\NC(=O)c1ccccc1Br)c1ccc(Cl)cc1O. The van der Waals surface area contributed by atoms with Crippen LogP contribution in [0, 0.1) is 0 Å². The van der Waals surface area contributed by atoms with Gasteiger partial charge in [-0.25, -0.2) is 5.43 Å². The van der Waals surface area contributed by atoms with E-state index in [9.17, 15) is 9.90 Å². The highest BCUT2D eigenvalue weighted by atomic mass is 79.9. The third-order valence-electron chi connectivity index (χ3n) is 2.79. The van der Waals surface area contributed by atoms with Gasteiger partial charge in [0.1, 0.15) is 5.75 Å². The molecule has 0 saturated heterocycles. The lowest BCUT2D eigenvalue weighted by Crippen LogP contribution is -2.19. The van der Waals surface area contributed by atoms with Crippen LogP contribution in [0.25, 0.3) is 0 Å². The lowest BCUT2D eigenvalue weighted by Gasteiger charge is -2.06. The van der Waals surface area contributed by atoms with Crippen molar-refractivity contribution in [3.05, 3.63) is 63.1 Å². The fraction of sp³-hybridized carbons (Fsp3) is 0.0667. The average Bonchev–Trinajstić information content (AvgIpc) is 2.45. The summed E-state index contributed by atoms with van der Waals surface area (Å²) in [6, 6.07) is 11.8. The highest BCUT2D eigenvalue weighted by Gasteiger charge is 2.09. The fourth-order valence-corrected chi connectivity index (χ4v) is 2.34. The van der Waals surface area contributed by atoms with E-state index in [-0.39, 0.29) is 11.7 Å². The molecule has 0 spiro atoms. The van der Waals surface area contributed by atoms with E-state index in [1.807, 2.05) is 6.07 Å². The molecule has 0 fully saturated rings. The number of aromatic hydroxyl groups is 1. The van der Waals surface area contributed by atoms with Gasteiger partial charge in [-0.05, 0) is 53.2 Å². The Bertz CT molecular complexity index is 717. The summed E-state index contributed by atoms with van der Waals surface area (Å²) in [6.07, 6.45) is 0. The molecule has 0 bridgehead atoms. The number of carbonyl (C=O) groups is 1. The molecule has 0 unspecified atom stereocenters. The van der Waals surface area contributed by atoms with E-state index in [0.717, 1.165) is 0 Å². The molecule has 21 heavy (non-hydrogen) atoms. The third-order valence-corrected chi connectivity index (χ3v) is 3.72. The first-order valence-corrected chi connectivity index (χ1v) is 7.24. The van der Waals surface area contributed by atoms with Crippen LogP contribution in [0.1, 0.15) is 22.8 Å². The normalized spacial score (nSPS) is 11.3. The molecule has 0 radical (unpaired) electrons. The number of nitrogens with zero attached hydrogens (tertiary/aromatic N) is 1. The summed E-state index contributed by atoms with van der Waals surface area (Å²) in [5.41, 5.74) is 3.92. The smallest absolute Gasteiger partial charge is 0.272 e. The zero-order chi connectivity index (χ0) is 15.4. The average molecular weight is 368 g/mol. The minimum atomic E-state index is -0.338. The van der Waals surface area contributed by atoms with Gasteiger partial charge in [-0.1, -0.05) is 23.7 Å². The Morgan fingerprint density at radius 1 is 1.24 bits per heavy atom. The Labute approximate surface area is 135 Å². The molecule has 0 aliphatic rings. The zero-order valence-corrected chi connectivity index (χ0v) is 13.4. The maximum absolute atomic E-state index is 12.0. The van der Waals surface area contributed by atoms with Gasteiger partial charge >= 0.3 is 0 Å². The van der Waals surface area contributed by atoms with E-state index in [1.165, 1.54) is 6.07 Å². The van der Waals surface area contributed by atoms with Crippen LogP contribution in [-0.2, 0) is 0 Å². The summed E-state index contributed by atoms with van der Waals surface area (Å²) < 4.78 is 0.685. The summed E-state index contributed by atoms with van der Waals surface area (Å²) in [4.78, 5) is 12.0. The summed E-state index contributed by atoms with van der Waals surface area (Å²) in [5.74, 6) is -0.325. The number of hydrogen-bond donors (Lipinski definition) is 2. The first kappa shape index (κ1) is 15.5. The number of hydrazone groups is 1.